The quantitative estimate of drug-likeness (QED) is 0.535. The summed E-state index contributed by atoms with van der Waals surface area (Å²) in [4.78, 5) is 0. The van der Waals surface area contributed by atoms with Gasteiger partial charge in [0, 0.05) is 7.11 Å². The molecule has 2 nitrogen and oxygen atoms in total. The molecule has 0 fully saturated rings. The summed E-state index contributed by atoms with van der Waals surface area (Å²) >= 11 is 0. The van der Waals surface area contributed by atoms with Crippen molar-refractivity contribution in [1.29, 1.82) is 0 Å². The molecule has 0 saturated carbocycles. The van der Waals surface area contributed by atoms with Gasteiger partial charge in [-0.15, -0.1) is 0 Å². The Kier molecular flexibility index (Phi) is 4.04. The lowest BCUT2D eigenvalue weighted by Crippen LogP contribution is -2.06. The molecule has 0 saturated heterocycles. The molecule has 0 radical (unpaired) electrons. The van der Waals surface area contributed by atoms with Gasteiger partial charge in [0.25, 0.3) is 0 Å². The van der Waals surface area contributed by atoms with Gasteiger partial charge in [-0.25, -0.2) is 0 Å². The van der Waals surface area contributed by atoms with Gasteiger partial charge in [0.1, 0.15) is 0 Å². The molecule has 0 heterocycles. The SMILES string of the molecule is CCC[C@H](O)OC. The van der Waals surface area contributed by atoms with Crippen molar-refractivity contribution >= 4 is 0 Å². The standard InChI is InChI=1S/C5H12O2/c1-3-4-5(6)7-2/h5-6H,3-4H2,1-2H3/t5-/m1/s1. The third kappa shape index (κ3) is 3.76. The molecule has 7 heavy (non-hydrogen) atoms. The van der Waals surface area contributed by atoms with Crippen LogP contribution in [0.4, 0.5) is 0 Å². The fourth-order valence-corrected chi connectivity index (χ4v) is 0.365. The fraction of sp³-hybridized carbons (Fsp3) is 1.00. The van der Waals surface area contributed by atoms with Crippen molar-refractivity contribution in [3.63, 3.8) is 0 Å². The number of aliphatic hydroxyl groups excluding tert-OH is 1. The summed E-state index contributed by atoms with van der Waals surface area (Å²) in [5, 5.41) is 8.64. The highest BCUT2D eigenvalue weighted by Gasteiger charge is 1.94. The summed E-state index contributed by atoms with van der Waals surface area (Å²) in [5.74, 6) is 0. The Balaban J connectivity index is 2.83. The number of methoxy groups -OCH3 is 1. The minimum Gasteiger partial charge on any atom is -0.368 e. The van der Waals surface area contributed by atoms with E-state index in [0.29, 0.717) is 0 Å². The van der Waals surface area contributed by atoms with Crippen molar-refractivity contribution < 1.29 is 9.84 Å². The average Bonchev–Trinajstić information content (AvgIpc) is 1.68. The van der Waals surface area contributed by atoms with Gasteiger partial charge in [-0.05, 0) is 6.42 Å². The summed E-state index contributed by atoms with van der Waals surface area (Å²) in [5.41, 5.74) is 0. The maximum absolute atomic E-state index is 8.64. The largest absolute Gasteiger partial charge is 0.368 e. The first-order chi connectivity index (χ1) is 3.31. The van der Waals surface area contributed by atoms with Crippen molar-refractivity contribution in [1.82, 2.24) is 0 Å². The van der Waals surface area contributed by atoms with E-state index in [1.165, 1.54) is 7.11 Å². The van der Waals surface area contributed by atoms with Crippen LogP contribution in [-0.2, 0) is 4.74 Å². The molecule has 0 aliphatic rings. The Labute approximate surface area is 44.1 Å². The van der Waals surface area contributed by atoms with E-state index >= 15 is 0 Å². The van der Waals surface area contributed by atoms with E-state index in [2.05, 4.69) is 4.74 Å². The Morgan fingerprint density at radius 1 is 1.71 bits per heavy atom. The maximum Gasteiger partial charge on any atom is 0.154 e. The molecule has 0 aromatic heterocycles. The summed E-state index contributed by atoms with van der Waals surface area (Å²) in [6.07, 6.45) is 1.15. The zero-order valence-electron chi connectivity index (χ0n) is 4.85. The molecule has 0 aliphatic heterocycles. The summed E-state index contributed by atoms with van der Waals surface area (Å²) in [6.45, 7) is 2.00. The maximum atomic E-state index is 8.64. The average molecular weight is 104 g/mol. The van der Waals surface area contributed by atoms with Crippen LogP contribution < -0.4 is 0 Å². The van der Waals surface area contributed by atoms with Gasteiger partial charge < -0.3 is 9.84 Å². The van der Waals surface area contributed by atoms with Crippen LogP contribution in [0.25, 0.3) is 0 Å². The van der Waals surface area contributed by atoms with Gasteiger partial charge in [0.05, 0.1) is 0 Å². The van der Waals surface area contributed by atoms with E-state index in [1.54, 1.807) is 0 Å². The number of hydrogen-bond donors (Lipinski definition) is 1. The van der Waals surface area contributed by atoms with Crippen LogP contribution in [0.1, 0.15) is 19.8 Å². The molecule has 0 rings (SSSR count). The van der Waals surface area contributed by atoms with E-state index in [-0.39, 0.29) is 0 Å². The van der Waals surface area contributed by atoms with Crippen LogP contribution >= 0.6 is 0 Å². The second-order valence-electron chi connectivity index (χ2n) is 1.48. The predicted octanol–water partition coefficient (Wildman–Crippen LogP) is 0.751. The van der Waals surface area contributed by atoms with Gasteiger partial charge in [-0.1, -0.05) is 13.3 Å². The predicted molar refractivity (Wildman–Crippen MR) is 27.9 cm³/mol. The highest BCUT2D eigenvalue weighted by atomic mass is 16.6. The van der Waals surface area contributed by atoms with E-state index in [1.807, 2.05) is 6.92 Å². The Morgan fingerprint density at radius 2 is 2.29 bits per heavy atom. The number of rotatable bonds is 3. The first-order valence-electron chi connectivity index (χ1n) is 2.52. The minimum atomic E-state index is -0.551. The molecule has 0 aromatic carbocycles. The number of aliphatic hydroxyl groups is 1. The highest BCUT2D eigenvalue weighted by molar-refractivity contribution is 4.34. The second kappa shape index (κ2) is 4.09. The zero-order chi connectivity index (χ0) is 5.70. The van der Waals surface area contributed by atoms with Crippen molar-refractivity contribution in [2.75, 3.05) is 7.11 Å². The third-order valence-electron chi connectivity index (χ3n) is 0.808. The Morgan fingerprint density at radius 3 is 2.43 bits per heavy atom. The van der Waals surface area contributed by atoms with Crippen LogP contribution in [0.3, 0.4) is 0 Å². The molecular weight excluding hydrogens is 92.1 g/mol. The summed E-state index contributed by atoms with van der Waals surface area (Å²) in [6, 6.07) is 0. The van der Waals surface area contributed by atoms with E-state index in [4.69, 9.17) is 5.11 Å². The molecule has 0 aromatic rings. The number of ether oxygens (including phenoxy) is 1. The molecule has 0 aliphatic carbocycles. The Bertz CT molecular complexity index is 37.1. The normalized spacial score (nSPS) is 14.1. The van der Waals surface area contributed by atoms with Gasteiger partial charge in [-0.2, -0.15) is 0 Å². The van der Waals surface area contributed by atoms with Crippen molar-refractivity contribution in [3.05, 3.63) is 0 Å². The van der Waals surface area contributed by atoms with Gasteiger partial charge in [0.2, 0.25) is 0 Å². The highest BCUT2D eigenvalue weighted by Crippen LogP contribution is 1.93. The molecule has 0 bridgehead atoms. The van der Waals surface area contributed by atoms with Gasteiger partial charge >= 0.3 is 0 Å². The number of hydrogen-bond acceptors (Lipinski definition) is 2. The summed E-state index contributed by atoms with van der Waals surface area (Å²) < 4.78 is 4.55. The first kappa shape index (κ1) is 6.92. The van der Waals surface area contributed by atoms with Crippen LogP contribution in [0, 0.1) is 0 Å². The Hall–Kier alpha value is -0.0800. The minimum absolute atomic E-state index is 0.551. The lowest BCUT2D eigenvalue weighted by Gasteiger charge is -2.03. The molecular formula is C5H12O2. The van der Waals surface area contributed by atoms with Crippen LogP contribution in [-0.4, -0.2) is 18.5 Å². The van der Waals surface area contributed by atoms with Gasteiger partial charge in [-0.3, -0.25) is 0 Å². The fourth-order valence-electron chi connectivity index (χ4n) is 0.365. The smallest absolute Gasteiger partial charge is 0.154 e. The van der Waals surface area contributed by atoms with Crippen molar-refractivity contribution in [3.8, 4) is 0 Å². The zero-order valence-corrected chi connectivity index (χ0v) is 4.85. The lowest BCUT2D eigenvalue weighted by molar-refractivity contribution is -0.0783. The van der Waals surface area contributed by atoms with Crippen molar-refractivity contribution in [2.45, 2.75) is 26.1 Å². The van der Waals surface area contributed by atoms with E-state index in [9.17, 15) is 0 Å². The van der Waals surface area contributed by atoms with Crippen LogP contribution in [0.2, 0.25) is 0 Å². The van der Waals surface area contributed by atoms with E-state index < -0.39 is 6.29 Å². The molecule has 0 unspecified atom stereocenters. The molecule has 1 atom stereocenters. The molecule has 0 amide bonds. The first-order valence-corrected chi connectivity index (χ1v) is 2.52. The van der Waals surface area contributed by atoms with E-state index in [0.717, 1.165) is 12.8 Å². The van der Waals surface area contributed by atoms with Crippen LogP contribution in [0.15, 0.2) is 0 Å². The molecule has 44 valence electrons. The molecule has 1 N–H and O–H groups in total. The van der Waals surface area contributed by atoms with Gasteiger partial charge in [0.15, 0.2) is 6.29 Å². The topological polar surface area (TPSA) is 29.5 Å². The van der Waals surface area contributed by atoms with Crippen LogP contribution in [0.5, 0.6) is 0 Å². The summed E-state index contributed by atoms with van der Waals surface area (Å²) in [7, 11) is 1.50. The molecule has 0 spiro atoms. The molecule has 2 heteroatoms. The monoisotopic (exact) mass is 104 g/mol. The third-order valence-corrected chi connectivity index (χ3v) is 0.808. The van der Waals surface area contributed by atoms with Crippen molar-refractivity contribution in [2.24, 2.45) is 0 Å². The second-order valence-corrected chi connectivity index (χ2v) is 1.48. The lowest BCUT2D eigenvalue weighted by atomic mass is 10.3.